The first-order chi connectivity index (χ1) is 13.4. The van der Waals surface area contributed by atoms with Gasteiger partial charge in [0.15, 0.2) is 5.96 Å². The zero-order chi connectivity index (χ0) is 20.4. The lowest BCUT2D eigenvalue weighted by Gasteiger charge is -2.18. The van der Waals surface area contributed by atoms with E-state index in [-0.39, 0.29) is 35.8 Å². The lowest BCUT2D eigenvalue weighted by molar-refractivity contribution is 0.576. The Bertz CT molecular complexity index is 853. The molecule has 0 aliphatic carbocycles. The minimum absolute atomic E-state index is 0. The maximum Gasteiger partial charge on any atom is 0.191 e. The monoisotopic (exact) mass is 533 g/mol. The lowest BCUT2D eigenvalue weighted by Crippen LogP contribution is -2.42. The number of guanidine groups is 1. The number of hydrogen-bond donors (Lipinski definition) is 2. The minimum Gasteiger partial charge on any atom is -0.354 e. The van der Waals surface area contributed by atoms with Crippen LogP contribution in [0, 0.1) is 0 Å². The third kappa shape index (κ3) is 10.1. The quantitative estimate of drug-likeness (QED) is 0.279. The van der Waals surface area contributed by atoms with Gasteiger partial charge in [-0.25, -0.2) is 13.4 Å². The Hall–Kier alpha value is -1.62. The predicted octanol–water partition coefficient (Wildman–Crippen LogP) is 2.62. The smallest absolute Gasteiger partial charge is 0.191 e. The van der Waals surface area contributed by atoms with Gasteiger partial charge in [0, 0.05) is 38.3 Å². The Labute approximate surface area is 191 Å². The van der Waals surface area contributed by atoms with E-state index in [1.54, 1.807) is 7.05 Å². The van der Waals surface area contributed by atoms with Crippen molar-refractivity contribution < 1.29 is 8.42 Å². The van der Waals surface area contributed by atoms with Crippen molar-refractivity contribution in [3.8, 4) is 0 Å². The van der Waals surface area contributed by atoms with Crippen LogP contribution < -0.4 is 10.6 Å². The highest BCUT2D eigenvalue weighted by atomic mass is 127. The van der Waals surface area contributed by atoms with Gasteiger partial charge >= 0.3 is 0 Å². The molecule has 0 bridgehead atoms. The summed E-state index contributed by atoms with van der Waals surface area (Å²) in [7, 11) is -1.26. The summed E-state index contributed by atoms with van der Waals surface area (Å²) < 4.78 is 24.8. The molecule has 0 radical (unpaired) electrons. The average molecular weight is 533 g/mol. The van der Waals surface area contributed by atoms with Crippen molar-refractivity contribution in [2.24, 2.45) is 4.99 Å². The molecule has 1 aromatic carbocycles. The average Bonchev–Trinajstić information content (AvgIpc) is 3.11. The number of aromatic nitrogens is 2. The minimum atomic E-state index is -2.96. The fourth-order valence-electron chi connectivity index (χ4n) is 2.86. The van der Waals surface area contributed by atoms with Crippen molar-refractivity contribution in [1.82, 2.24) is 20.2 Å². The molecule has 0 amide bonds. The Morgan fingerprint density at radius 2 is 2.00 bits per heavy atom. The summed E-state index contributed by atoms with van der Waals surface area (Å²) in [6.07, 6.45) is 7.67. The number of rotatable bonds is 10. The molecule has 0 aliphatic heterocycles. The SMILES string of the molecule is CN=C(NCc1nccn1CCCc1ccccc1)NC(C)CCS(C)(=O)=O.I. The van der Waals surface area contributed by atoms with Crippen LogP contribution in [0.25, 0.3) is 0 Å². The summed E-state index contributed by atoms with van der Waals surface area (Å²) in [5.41, 5.74) is 1.34. The van der Waals surface area contributed by atoms with Gasteiger partial charge in [0.2, 0.25) is 0 Å². The van der Waals surface area contributed by atoms with E-state index in [1.165, 1.54) is 11.8 Å². The summed E-state index contributed by atoms with van der Waals surface area (Å²) in [6.45, 7) is 3.40. The molecular formula is C20H32IN5O2S. The number of imidazole rings is 1. The maximum atomic E-state index is 11.3. The Balaban J connectivity index is 0.00000420. The molecule has 29 heavy (non-hydrogen) atoms. The van der Waals surface area contributed by atoms with Gasteiger partial charge in [-0.2, -0.15) is 0 Å². The molecule has 2 aromatic rings. The second-order valence-electron chi connectivity index (χ2n) is 7.02. The highest BCUT2D eigenvalue weighted by Crippen LogP contribution is 2.06. The molecule has 0 aliphatic rings. The maximum absolute atomic E-state index is 11.3. The van der Waals surface area contributed by atoms with Crippen LogP contribution in [0.2, 0.25) is 0 Å². The van der Waals surface area contributed by atoms with Gasteiger partial charge in [-0.1, -0.05) is 30.3 Å². The van der Waals surface area contributed by atoms with Crippen LogP contribution in [0.15, 0.2) is 47.7 Å². The summed E-state index contributed by atoms with van der Waals surface area (Å²) >= 11 is 0. The van der Waals surface area contributed by atoms with E-state index in [4.69, 9.17) is 0 Å². The number of nitrogens with one attached hydrogen (secondary N) is 2. The van der Waals surface area contributed by atoms with Crippen molar-refractivity contribution in [3.63, 3.8) is 0 Å². The van der Waals surface area contributed by atoms with E-state index in [0.717, 1.165) is 25.2 Å². The van der Waals surface area contributed by atoms with E-state index in [1.807, 2.05) is 25.4 Å². The molecule has 1 aromatic heterocycles. The number of aryl methyl sites for hydroxylation is 2. The molecule has 0 fully saturated rings. The van der Waals surface area contributed by atoms with E-state index < -0.39 is 9.84 Å². The van der Waals surface area contributed by atoms with Gasteiger partial charge in [0.25, 0.3) is 0 Å². The number of halogens is 1. The standard InChI is InChI=1S/C20H31N5O2S.HI/c1-17(11-15-28(3,26)27)24-20(21-2)23-16-19-22-12-14-25(19)13-7-10-18-8-5-4-6-9-18;/h4-6,8-9,12,14,17H,7,10-11,13,15-16H2,1-3H3,(H2,21,23,24);1H. The van der Waals surface area contributed by atoms with Gasteiger partial charge < -0.3 is 15.2 Å². The number of benzene rings is 1. The highest BCUT2D eigenvalue weighted by molar-refractivity contribution is 14.0. The fourth-order valence-corrected chi connectivity index (χ4v) is 3.64. The van der Waals surface area contributed by atoms with E-state index >= 15 is 0 Å². The number of aliphatic imine (C=N–C) groups is 1. The normalized spacial score (nSPS) is 12.9. The summed E-state index contributed by atoms with van der Waals surface area (Å²) in [5.74, 6) is 1.74. The molecule has 0 saturated carbocycles. The summed E-state index contributed by atoms with van der Waals surface area (Å²) in [5, 5.41) is 6.48. The van der Waals surface area contributed by atoms with Gasteiger partial charge in [0.1, 0.15) is 15.7 Å². The van der Waals surface area contributed by atoms with Crippen molar-refractivity contribution in [1.29, 1.82) is 0 Å². The molecule has 7 nitrogen and oxygen atoms in total. The van der Waals surface area contributed by atoms with Gasteiger partial charge in [-0.3, -0.25) is 4.99 Å². The molecule has 9 heteroatoms. The molecule has 0 spiro atoms. The van der Waals surface area contributed by atoms with Crippen molar-refractivity contribution in [3.05, 3.63) is 54.1 Å². The van der Waals surface area contributed by atoms with Crippen molar-refractivity contribution >= 4 is 39.8 Å². The first-order valence-corrected chi connectivity index (χ1v) is 11.6. The van der Waals surface area contributed by atoms with Crippen LogP contribution in [0.5, 0.6) is 0 Å². The number of hydrogen-bond acceptors (Lipinski definition) is 4. The molecule has 2 rings (SSSR count). The van der Waals surface area contributed by atoms with Crippen LogP contribution in [0.3, 0.4) is 0 Å². The second-order valence-corrected chi connectivity index (χ2v) is 9.28. The molecule has 1 heterocycles. The third-order valence-corrected chi connectivity index (χ3v) is 5.43. The predicted molar refractivity (Wildman–Crippen MR) is 130 cm³/mol. The van der Waals surface area contributed by atoms with Crippen LogP contribution in [-0.2, 0) is 29.3 Å². The molecule has 2 N–H and O–H groups in total. The second kappa shape index (κ2) is 12.8. The van der Waals surface area contributed by atoms with Crippen molar-refractivity contribution in [2.45, 2.75) is 45.3 Å². The number of nitrogens with zero attached hydrogens (tertiary/aromatic N) is 3. The zero-order valence-corrected chi connectivity index (χ0v) is 20.5. The molecule has 162 valence electrons. The fraction of sp³-hybridized carbons (Fsp3) is 0.500. The Morgan fingerprint density at radius 1 is 1.28 bits per heavy atom. The topological polar surface area (TPSA) is 88.4 Å². The Morgan fingerprint density at radius 3 is 2.66 bits per heavy atom. The van der Waals surface area contributed by atoms with Crippen LogP contribution >= 0.6 is 24.0 Å². The Kier molecular flexibility index (Phi) is 11.3. The molecule has 1 unspecified atom stereocenters. The van der Waals surface area contributed by atoms with E-state index in [9.17, 15) is 8.42 Å². The number of sulfone groups is 1. The largest absolute Gasteiger partial charge is 0.354 e. The molecular weight excluding hydrogens is 501 g/mol. The van der Waals surface area contributed by atoms with Crippen molar-refractivity contribution in [2.75, 3.05) is 19.1 Å². The zero-order valence-electron chi connectivity index (χ0n) is 17.3. The molecule has 0 saturated heterocycles. The van der Waals surface area contributed by atoms with Crippen LogP contribution in [-0.4, -0.2) is 49.0 Å². The lowest BCUT2D eigenvalue weighted by atomic mass is 10.1. The summed E-state index contributed by atoms with van der Waals surface area (Å²) in [4.78, 5) is 8.65. The summed E-state index contributed by atoms with van der Waals surface area (Å²) in [6, 6.07) is 10.5. The van der Waals surface area contributed by atoms with E-state index in [2.05, 4.69) is 49.4 Å². The highest BCUT2D eigenvalue weighted by Gasteiger charge is 2.10. The van der Waals surface area contributed by atoms with Gasteiger partial charge in [0.05, 0.1) is 12.3 Å². The van der Waals surface area contributed by atoms with Crippen LogP contribution in [0.4, 0.5) is 0 Å². The van der Waals surface area contributed by atoms with Gasteiger partial charge in [-0.05, 0) is 31.7 Å². The molecule has 1 atom stereocenters. The third-order valence-electron chi connectivity index (χ3n) is 4.45. The van der Waals surface area contributed by atoms with Gasteiger partial charge in [-0.15, -0.1) is 24.0 Å². The first-order valence-electron chi connectivity index (χ1n) is 9.56. The van der Waals surface area contributed by atoms with E-state index in [0.29, 0.717) is 18.9 Å². The van der Waals surface area contributed by atoms with Crippen LogP contribution in [0.1, 0.15) is 31.2 Å². The first kappa shape index (κ1) is 25.4.